The number of thiophene rings is 1. The summed E-state index contributed by atoms with van der Waals surface area (Å²) in [5, 5.41) is 17.3. The number of aromatic nitrogens is 2. The SMILES string of the molecule is O=C(CC1=CSC2=NCCN12)Nc1nnc(-c2cccs2)s1. The van der Waals surface area contributed by atoms with Crippen LogP contribution < -0.4 is 5.32 Å². The summed E-state index contributed by atoms with van der Waals surface area (Å²) in [6.45, 7) is 1.67. The minimum absolute atomic E-state index is 0.0751. The Hall–Kier alpha value is -1.71. The van der Waals surface area contributed by atoms with E-state index in [1.165, 1.54) is 11.3 Å². The minimum atomic E-state index is -0.0751. The van der Waals surface area contributed by atoms with Gasteiger partial charge in [-0.1, -0.05) is 29.2 Å². The molecule has 0 aliphatic carbocycles. The zero-order chi connectivity index (χ0) is 14.9. The average molecular weight is 349 g/mol. The largest absolute Gasteiger partial charge is 0.322 e. The van der Waals surface area contributed by atoms with Crippen molar-refractivity contribution in [1.82, 2.24) is 15.1 Å². The van der Waals surface area contributed by atoms with Crippen LogP contribution in [0.15, 0.2) is 33.6 Å². The second-order valence-corrected chi connectivity index (χ2v) is 7.42. The van der Waals surface area contributed by atoms with Crippen molar-refractivity contribution in [3.8, 4) is 9.88 Å². The Balaban J connectivity index is 1.39. The Labute approximate surface area is 139 Å². The summed E-state index contributed by atoms with van der Waals surface area (Å²) in [5.41, 5.74) is 1.00. The number of hydrogen-bond donors (Lipinski definition) is 1. The summed E-state index contributed by atoms with van der Waals surface area (Å²) in [6, 6.07) is 3.96. The summed E-state index contributed by atoms with van der Waals surface area (Å²) in [4.78, 5) is 19.7. The Morgan fingerprint density at radius 1 is 1.41 bits per heavy atom. The van der Waals surface area contributed by atoms with Crippen LogP contribution in [0.2, 0.25) is 0 Å². The van der Waals surface area contributed by atoms with Gasteiger partial charge in [0.05, 0.1) is 17.8 Å². The van der Waals surface area contributed by atoms with Crippen molar-refractivity contribution < 1.29 is 4.79 Å². The van der Waals surface area contributed by atoms with E-state index in [-0.39, 0.29) is 5.91 Å². The van der Waals surface area contributed by atoms with Crippen LogP contribution in [-0.2, 0) is 4.79 Å². The molecule has 4 rings (SSSR count). The lowest BCUT2D eigenvalue weighted by Crippen LogP contribution is -2.24. The van der Waals surface area contributed by atoms with Crippen LogP contribution in [0.4, 0.5) is 5.13 Å². The van der Waals surface area contributed by atoms with Crippen LogP contribution in [0.1, 0.15) is 6.42 Å². The van der Waals surface area contributed by atoms with Crippen molar-refractivity contribution in [2.75, 3.05) is 18.4 Å². The van der Waals surface area contributed by atoms with E-state index in [0.29, 0.717) is 11.6 Å². The lowest BCUT2D eigenvalue weighted by atomic mass is 10.3. The molecule has 2 aromatic heterocycles. The van der Waals surface area contributed by atoms with Crippen molar-refractivity contribution in [1.29, 1.82) is 0 Å². The molecule has 0 bridgehead atoms. The molecule has 0 aromatic carbocycles. The highest BCUT2D eigenvalue weighted by Crippen LogP contribution is 2.32. The maximum atomic E-state index is 12.2. The third-order valence-corrected chi connectivity index (χ3v) is 6.02. The maximum absolute atomic E-state index is 12.2. The highest BCUT2D eigenvalue weighted by molar-refractivity contribution is 8.16. The first-order valence-electron chi connectivity index (χ1n) is 6.64. The molecule has 6 nitrogen and oxygen atoms in total. The minimum Gasteiger partial charge on any atom is -0.322 e. The van der Waals surface area contributed by atoms with Crippen molar-refractivity contribution >= 4 is 50.6 Å². The maximum Gasteiger partial charge on any atom is 0.232 e. The van der Waals surface area contributed by atoms with Gasteiger partial charge in [0.25, 0.3) is 0 Å². The molecule has 9 heteroatoms. The molecule has 0 saturated heterocycles. The van der Waals surface area contributed by atoms with Gasteiger partial charge in [-0.05, 0) is 16.9 Å². The number of amidine groups is 1. The van der Waals surface area contributed by atoms with Gasteiger partial charge in [-0.15, -0.1) is 21.5 Å². The zero-order valence-corrected chi connectivity index (χ0v) is 13.8. The molecule has 0 spiro atoms. The molecule has 2 aromatic rings. The van der Waals surface area contributed by atoms with Gasteiger partial charge >= 0.3 is 0 Å². The number of nitrogens with zero attached hydrogens (tertiary/aromatic N) is 4. The summed E-state index contributed by atoms with van der Waals surface area (Å²) in [6.07, 6.45) is 0.333. The number of nitrogens with one attached hydrogen (secondary N) is 1. The number of aliphatic imine (C=N–C) groups is 1. The van der Waals surface area contributed by atoms with Gasteiger partial charge in [0, 0.05) is 12.2 Å². The van der Waals surface area contributed by atoms with E-state index in [1.54, 1.807) is 23.1 Å². The van der Waals surface area contributed by atoms with E-state index in [4.69, 9.17) is 0 Å². The first kappa shape index (κ1) is 13.9. The highest BCUT2D eigenvalue weighted by Gasteiger charge is 2.27. The number of fused-ring (bicyclic) bond motifs is 1. The van der Waals surface area contributed by atoms with E-state index in [1.807, 2.05) is 22.9 Å². The zero-order valence-electron chi connectivity index (χ0n) is 11.4. The Morgan fingerprint density at radius 3 is 3.23 bits per heavy atom. The van der Waals surface area contributed by atoms with E-state index >= 15 is 0 Å². The van der Waals surface area contributed by atoms with Gasteiger partial charge in [0.2, 0.25) is 11.0 Å². The molecule has 4 heterocycles. The molecule has 0 unspecified atom stereocenters. The first-order valence-corrected chi connectivity index (χ1v) is 9.22. The number of thioether (sulfide) groups is 1. The number of amides is 1. The molecule has 0 saturated carbocycles. The van der Waals surface area contributed by atoms with Crippen molar-refractivity contribution in [2.24, 2.45) is 4.99 Å². The van der Waals surface area contributed by atoms with Gasteiger partial charge in [0.1, 0.15) is 0 Å². The van der Waals surface area contributed by atoms with Crippen LogP contribution in [0, 0.1) is 0 Å². The smallest absolute Gasteiger partial charge is 0.232 e. The van der Waals surface area contributed by atoms with Crippen LogP contribution in [0.5, 0.6) is 0 Å². The van der Waals surface area contributed by atoms with E-state index in [0.717, 1.165) is 33.8 Å². The fraction of sp³-hybridized carbons (Fsp3) is 0.231. The van der Waals surface area contributed by atoms with Gasteiger partial charge in [-0.25, -0.2) is 0 Å². The predicted molar refractivity (Wildman–Crippen MR) is 91.2 cm³/mol. The third kappa shape index (κ3) is 2.67. The standard InChI is InChI=1S/C13H11N5OS3/c19-10(6-8-7-21-13-14-3-4-18(8)13)15-12-17-16-11(22-12)9-2-1-5-20-9/h1-2,5,7H,3-4,6H2,(H,15,17,19). The van der Waals surface area contributed by atoms with Gasteiger partial charge in [-0.3, -0.25) is 9.79 Å². The summed E-state index contributed by atoms with van der Waals surface area (Å²) >= 11 is 4.58. The normalized spacial score (nSPS) is 16.5. The summed E-state index contributed by atoms with van der Waals surface area (Å²) < 4.78 is 0. The molecule has 0 atom stereocenters. The van der Waals surface area contributed by atoms with Gasteiger partial charge in [-0.2, -0.15) is 0 Å². The van der Waals surface area contributed by atoms with Gasteiger partial charge in [0.15, 0.2) is 10.2 Å². The van der Waals surface area contributed by atoms with Crippen LogP contribution in [0.3, 0.4) is 0 Å². The number of anilines is 1. The summed E-state index contributed by atoms with van der Waals surface area (Å²) in [7, 11) is 0. The topological polar surface area (TPSA) is 70.5 Å². The highest BCUT2D eigenvalue weighted by atomic mass is 32.2. The van der Waals surface area contributed by atoms with E-state index < -0.39 is 0 Å². The van der Waals surface area contributed by atoms with E-state index in [9.17, 15) is 4.79 Å². The molecule has 2 aliphatic rings. The molecule has 22 heavy (non-hydrogen) atoms. The van der Waals surface area contributed by atoms with Crippen molar-refractivity contribution in [2.45, 2.75) is 6.42 Å². The Kier molecular flexibility index (Phi) is 3.68. The first-order chi connectivity index (χ1) is 10.8. The lowest BCUT2D eigenvalue weighted by molar-refractivity contribution is -0.115. The summed E-state index contributed by atoms with van der Waals surface area (Å²) in [5.74, 6) is -0.0751. The molecule has 0 radical (unpaired) electrons. The fourth-order valence-corrected chi connectivity index (χ4v) is 4.72. The molecular formula is C13H11N5OS3. The molecule has 112 valence electrons. The second-order valence-electron chi connectivity index (χ2n) is 4.66. The average Bonchev–Trinajstić information content (AvgIpc) is 3.24. The lowest BCUT2D eigenvalue weighted by Gasteiger charge is -2.15. The van der Waals surface area contributed by atoms with Gasteiger partial charge < -0.3 is 10.2 Å². The van der Waals surface area contributed by atoms with Crippen LogP contribution >= 0.6 is 34.4 Å². The third-order valence-electron chi connectivity index (χ3n) is 3.19. The van der Waals surface area contributed by atoms with Crippen LogP contribution in [0.25, 0.3) is 9.88 Å². The Morgan fingerprint density at radius 2 is 2.36 bits per heavy atom. The number of carbonyl (C=O) groups is 1. The number of rotatable bonds is 4. The van der Waals surface area contributed by atoms with Crippen molar-refractivity contribution in [3.05, 3.63) is 28.6 Å². The van der Waals surface area contributed by atoms with E-state index in [2.05, 4.69) is 25.4 Å². The van der Waals surface area contributed by atoms with Crippen LogP contribution in [-0.4, -0.2) is 39.3 Å². The molecule has 2 aliphatic heterocycles. The van der Waals surface area contributed by atoms with Crippen molar-refractivity contribution in [3.63, 3.8) is 0 Å². The molecular weight excluding hydrogens is 338 g/mol. The quantitative estimate of drug-likeness (QED) is 0.919. The fourth-order valence-electron chi connectivity index (χ4n) is 2.22. The molecule has 0 fully saturated rings. The molecule has 1 amide bonds. The number of carbonyl (C=O) groups excluding carboxylic acids is 1. The molecule has 1 N–H and O–H groups in total. The predicted octanol–water partition coefficient (Wildman–Crippen LogP) is 2.86. The second kappa shape index (κ2) is 5.82. The monoisotopic (exact) mass is 349 g/mol. The number of hydrogen-bond acceptors (Lipinski definition) is 8. The Bertz CT molecular complexity index is 764.